The van der Waals surface area contributed by atoms with Crippen LogP contribution in [-0.2, 0) is 75.3 Å². The third-order valence-electron chi connectivity index (χ3n) is 14.8. The van der Waals surface area contributed by atoms with Crippen LogP contribution in [0.25, 0.3) is 11.1 Å². The highest BCUT2D eigenvalue weighted by Gasteiger charge is 2.46. The average Bonchev–Trinajstić information content (AvgIpc) is 1.50. The molecule has 6 aromatic rings. The fourth-order valence-corrected chi connectivity index (χ4v) is 10.8. The minimum Gasteiger partial charge on any atom is -0.489 e. The largest absolute Gasteiger partial charge is 0.489 e. The van der Waals surface area contributed by atoms with Crippen molar-refractivity contribution < 1.29 is 66.4 Å². The lowest BCUT2D eigenvalue weighted by Gasteiger charge is -2.41. The summed E-state index contributed by atoms with van der Waals surface area (Å²) >= 11 is 0. The van der Waals surface area contributed by atoms with Gasteiger partial charge in [-0.25, -0.2) is 24.0 Å². The normalized spacial score (nSPS) is 13.4. The minimum atomic E-state index is -3.01. The zero-order valence-corrected chi connectivity index (χ0v) is 55.6. The summed E-state index contributed by atoms with van der Waals surface area (Å²) in [6, 6.07) is 43.3. The maximum absolute atomic E-state index is 15.1. The van der Waals surface area contributed by atoms with Crippen LogP contribution in [0.2, 0.25) is 43.8 Å². The number of amides is 4. The molecule has 0 radical (unpaired) electrons. The maximum atomic E-state index is 15.1. The Morgan fingerprint density at radius 2 is 0.978 bits per heavy atom. The van der Waals surface area contributed by atoms with Gasteiger partial charge in [0.1, 0.15) is 61.7 Å². The Morgan fingerprint density at radius 3 is 1.46 bits per heavy atom. The van der Waals surface area contributed by atoms with E-state index in [0.717, 1.165) is 22.3 Å². The molecule has 4 amide bonds. The number of carbonyl (C=O) groups excluding carboxylic acids is 6. The number of carbonyl (C=O) groups is 6. The van der Waals surface area contributed by atoms with Crippen molar-refractivity contribution in [1.29, 1.82) is 0 Å². The number of ether oxygens (including phenoxy) is 7. The molecule has 0 spiro atoms. The summed E-state index contributed by atoms with van der Waals surface area (Å²) in [6.45, 7) is 23.4. The average molecular weight is 1250 g/mol. The lowest BCUT2D eigenvalue weighted by atomic mass is 9.94. The molecule has 6 rings (SSSR count). The first-order chi connectivity index (χ1) is 42.1. The van der Waals surface area contributed by atoms with Crippen LogP contribution in [0, 0.1) is 0 Å². The molecule has 1 unspecified atom stereocenters. The van der Waals surface area contributed by atoms with Crippen molar-refractivity contribution in [2.75, 3.05) is 13.7 Å². The zero-order chi connectivity index (χ0) is 64.9. The second-order valence-corrected chi connectivity index (χ2v) is 35.9. The number of methoxy groups -OCH3 is 1. The second kappa shape index (κ2) is 32.1. The van der Waals surface area contributed by atoms with E-state index in [0.29, 0.717) is 39.8 Å². The van der Waals surface area contributed by atoms with Crippen LogP contribution in [-0.4, -0.2) is 96.0 Å². The highest BCUT2D eigenvalue weighted by Crippen LogP contribution is 2.44. The summed E-state index contributed by atoms with van der Waals surface area (Å²) in [7, 11) is -3.47. The predicted octanol–water partition coefficient (Wildman–Crippen LogP) is 13.2. The Kier molecular flexibility index (Phi) is 25.1. The van der Waals surface area contributed by atoms with Crippen LogP contribution >= 0.6 is 0 Å². The van der Waals surface area contributed by atoms with Gasteiger partial charge in [0.2, 0.25) is 5.91 Å². The number of alkyl carbamates (subject to hydrolysis) is 3. The molecule has 4 N–H and O–H groups in total. The quantitative estimate of drug-likeness (QED) is 0.0204. The van der Waals surface area contributed by atoms with Gasteiger partial charge < -0.3 is 58.9 Å². The molecule has 0 saturated heterocycles. The van der Waals surface area contributed by atoms with Crippen molar-refractivity contribution in [3.8, 4) is 22.6 Å². The molecule has 5 atom stereocenters. The highest BCUT2D eigenvalue weighted by molar-refractivity contribution is 6.76. The number of esters is 2. The van der Waals surface area contributed by atoms with E-state index in [4.69, 9.17) is 37.6 Å². The van der Waals surface area contributed by atoms with Gasteiger partial charge in [-0.1, -0.05) is 174 Å². The topological polar surface area (TPSA) is 224 Å². The molecule has 18 nitrogen and oxygen atoms in total. The van der Waals surface area contributed by atoms with Gasteiger partial charge in [-0.2, -0.15) is 0 Å². The van der Waals surface area contributed by atoms with E-state index < -0.39 is 93.4 Å². The van der Waals surface area contributed by atoms with E-state index in [2.05, 4.69) is 40.9 Å². The van der Waals surface area contributed by atoms with Gasteiger partial charge in [0, 0.05) is 20.1 Å². The van der Waals surface area contributed by atoms with Crippen LogP contribution in [0.1, 0.15) is 88.0 Å². The Bertz CT molecular complexity index is 3280. The van der Waals surface area contributed by atoms with E-state index >= 15 is 4.79 Å². The smallest absolute Gasteiger partial charge is 0.408 e. The Hall–Kier alpha value is -8.47. The third-order valence-corrected chi connectivity index (χ3v) is 21.0. The molecular weight excluding hydrogens is 1160 g/mol. The van der Waals surface area contributed by atoms with Gasteiger partial charge in [0.25, 0.3) is 0 Å². The first-order valence-electron chi connectivity index (χ1n) is 29.9. The molecule has 0 heterocycles. The van der Waals surface area contributed by atoms with Crippen LogP contribution in [0.3, 0.4) is 0 Å². The number of nitrogens with one attached hydrogen (secondary N) is 4. The lowest BCUT2D eigenvalue weighted by Crippen LogP contribution is -2.61. The number of benzene rings is 6. The van der Waals surface area contributed by atoms with E-state index in [-0.39, 0.29) is 39.5 Å². The summed E-state index contributed by atoms with van der Waals surface area (Å²) in [4.78, 5) is 84.8. The molecule has 20 heteroatoms. The van der Waals surface area contributed by atoms with Gasteiger partial charge in [0.05, 0.1) is 19.8 Å². The first kappa shape index (κ1) is 69.6. The molecule has 0 aliphatic rings. The molecule has 0 bridgehead atoms. The van der Waals surface area contributed by atoms with Gasteiger partial charge in [-0.05, 0) is 115 Å². The molecule has 0 fully saturated rings. The standard InChI is InChI=1S/C69H88N4O14Si2/c1-47(70-65(77)84-45-50-30-22-16-23-31-50)59(73-67(79)86-68(2,3)4)62(74)72-60(64(76)80-8)61(87-89(12,13)69(5,6)7)55-41-53(35-37-58(55)83-44-49-28-20-15-21-29-49)52-34-36-57(82-43-48-26-18-14-19-27-48)54(40-52)42-56(63(75)81-38-39-88(9,10)11)71-66(78)85-46-51-32-24-17-25-33-51/h14-37,40-41,47,56,59-61H,38-39,42-46H2,1-13H3,(H,70,77)(H,71,78)(H,72,74)(H,73,79)/t47?,56-,59-,60-,61+/m0/s1. The van der Waals surface area contributed by atoms with Crippen LogP contribution < -0.4 is 30.7 Å². The molecule has 6 aromatic carbocycles. The van der Waals surface area contributed by atoms with Crippen LogP contribution in [0.5, 0.6) is 11.5 Å². The van der Waals surface area contributed by atoms with Crippen LogP contribution in [0.4, 0.5) is 14.4 Å². The SMILES string of the molecule is COC(=O)[C@@H](NC(=O)[C@@H](NC(=O)OC(C)(C)C)C(C)NC(=O)OCc1ccccc1)[C@H](O[Si](C)(C)C(C)(C)C)c1cc(-c2ccc(OCc3ccccc3)c(C[C@H](NC(=O)OCc3ccccc3)C(=O)OCC[Si](C)(C)C)c2)ccc1OCc1ccccc1. The van der Waals surface area contributed by atoms with E-state index in [9.17, 15) is 24.0 Å². The third kappa shape index (κ3) is 22.6. The Balaban J connectivity index is 1.49. The minimum absolute atomic E-state index is 0.0368. The zero-order valence-electron chi connectivity index (χ0n) is 53.6. The summed E-state index contributed by atoms with van der Waals surface area (Å²) in [5.74, 6) is -1.74. The summed E-state index contributed by atoms with van der Waals surface area (Å²) in [5, 5.41) is 10.5. The van der Waals surface area contributed by atoms with Crippen molar-refractivity contribution in [3.05, 3.63) is 191 Å². The molecule has 0 aliphatic carbocycles. The number of hydrogen-bond donors (Lipinski definition) is 4. The first-order valence-corrected chi connectivity index (χ1v) is 36.5. The Labute approximate surface area is 526 Å². The van der Waals surface area contributed by atoms with E-state index in [1.807, 2.05) is 155 Å². The fourth-order valence-electron chi connectivity index (χ4n) is 8.81. The molecule has 476 valence electrons. The molecule has 0 saturated carbocycles. The molecule has 0 aliphatic heterocycles. The lowest BCUT2D eigenvalue weighted by molar-refractivity contribution is -0.148. The van der Waals surface area contributed by atoms with Gasteiger partial charge in [0.15, 0.2) is 14.4 Å². The van der Waals surface area contributed by atoms with E-state index in [1.165, 1.54) is 14.0 Å². The van der Waals surface area contributed by atoms with E-state index in [1.54, 1.807) is 57.2 Å². The van der Waals surface area contributed by atoms with Crippen molar-refractivity contribution in [1.82, 2.24) is 21.3 Å². The maximum Gasteiger partial charge on any atom is 0.408 e. The Morgan fingerprint density at radius 1 is 0.506 bits per heavy atom. The summed E-state index contributed by atoms with van der Waals surface area (Å²) in [5.41, 5.74) is 4.29. The van der Waals surface area contributed by atoms with Gasteiger partial charge in [-0.3, -0.25) is 4.79 Å². The van der Waals surface area contributed by atoms with Crippen molar-refractivity contribution >= 4 is 52.5 Å². The van der Waals surface area contributed by atoms with Crippen molar-refractivity contribution in [3.63, 3.8) is 0 Å². The summed E-state index contributed by atoms with van der Waals surface area (Å²) < 4.78 is 48.7. The molecule has 89 heavy (non-hydrogen) atoms. The van der Waals surface area contributed by atoms with Crippen LogP contribution in [0.15, 0.2) is 158 Å². The molecule has 0 aromatic heterocycles. The highest BCUT2D eigenvalue weighted by atomic mass is 28.4. The number of hydrogen-bond acceptors (Lipinski definition) is 14. The second-order valence-electron chi connectivity index (χ2n) is 25.5. The van der Waals surface area contributed by atoms with Crippen molar-refractivity contribution in [2.24, 2.45) is 0 Å². The van der Waals surface area contributed by atoms with Gasteiger partial charge in [-0.15, -0.1) is 0 Å². The van der Waals surface area contributed by atoms with Gasteiger partial charge >= 0.3 is 30.2 Å². The number of rotatable bonds is 28. The molecular formula is C69H88N4O14Si2. The fraction of sp³-hybridized carbons (Fsp3) is 0.391. The predicted molar refractivity (Wildman–Crippen MR) is 347 cm³/mol. The summed E-state index contributed by atoms with van der Waals surface area (Å²) in [6.07, 6.45) is -4.11. The monoisotopic (exact) mass is 1250 g/mol. The van der Waals surface area contributed by atoms with Crippen molar-refractivity contribution in [2.45, 2.75) is 161 Å².